The van der Waals surface area contributed by atoms with Crippen LogP contribution in [0.1, 0.15) is 43.0 Å². The van der Waals surface area contributed by atoms with Gasteiger partial charge in [0.1, 0.15) is 5.82 Å². The molecule has 0 fully saturated rings. The van der Waals surface area contributed by atoms with E-state index in [1.807, 2.05) is 39.0 Å². The standard InChI is InChI=1S/C21H23N5O3/c1-12(2)29-17-10-14(6-7-16(17)28-4)15-11-18(27)24-20-19(15)13(3)25-26(20)21-22-8-5-9-23-21/h5-10,12,15H,11H2,1-4H3,(H,24,27). The van der Waals surface area contributed by atoms with Crippen LogP contribution in [0, 0.1) is 6.92 Å². The van der Waals surface area contributed by atoms with Gasteiger partial charge in [0, 0.05) is 30.3 Å². The van der Waals surface area contributed by atoms with Gasteiger partial charge in [0.15, 0.2) is 11.5 Å². The van der Waals surface area contributed by atoms with Crippen molar-refractivity contribution in [2.24, 2.45) is 0 Å². The number of nitrogens with zero attached hydrogens (tertiary/aromatic N) is 4. The van der Waals surface area contributed by atoms with E-state index in [1.54, 1.807) is 30.3 Å². The number of nitrogens with one attached hydrogen (secondary N) is 1. The van der Waals surface area contributed by atoms with Crippen LogP contribution in [-0.2, 0) is 4.79 Å². The topological polar surface area (TPSA) is 91.2 Å². The molecule has 1 atom stereocenters. The molecule has 1 unspecified atom stereocenters. The van der Waals surface area contributed by atoms with Gasteiger partial charge in [-0.3, -0.25) is 4.79 Å². The summed E-state index contributed by atoms with van der Waals surface area (Å²) in [7, 11) is 1.61. The van der Waals surface area contributed by atoms with Gasteiger partial charge in [-0.2, -0.15) is 9.78 Å². The maximum atomic E-state index is 12.5. The molecule has 0 spiro atoms. The minimum Gasteiger partial charge on any atom is -0.493 e. The highest BCUT2D eigenvalue weighted by atomic mass is 16.5. The maximum absolute atomic E-state index is 12.5. The molecule has 2 aromatic heterocycles. The molecular formula is C21H23N5O3. The highest BCUT2D eigenvalue weighted by Crippen LogP contribution is 2.42. The molecule has 150 valence electrons. The summed E-state index contributed by atoms with van der Waals surface area (Å²) in [6, 6.07) is 7.52. The summed E-state index contributed by atoms with van der Waals surface area (Å²) in [6.45, 7) is 5.86. The van der Waals surface area contributed by atoms with Gasteiger partial charge in [0.2, 0.25) is 5.91 Å². The monoisotopic (exact) mass is 393 g/mol. The summed E-state index contributed by atoms with van der Waals surface area (Å²) in [5.41, 5.74) is 2.74. The Balaban J connectivity index is 1.82. The Morgan fingerprint density at radius 3 is 2.66 bits per heavy atom. The zero-order valence-electron chi connectivity index (χ0n) is 16.8. The zero-order chi connectivity index (χ0) is 20.5. The predicted octanol–water partition coefficient (Wildman–Crippen LogP) is 3.24. The van der Waals surface area contributed by atoms with Gasteiger partial charge in [-0.05, 0) is 44.5 Å². The molecule has 0 radical (unpaired) electrons. The first-order valence-electron chi connectivity index (χ1n) is 9.49. The van der Waals surface area contributed by atoms with Gasteiger partial charge in [-0.15, -0.1) is 0 Å². The maximum Gasteiger partial charge on any atom is 0.252 e. The number of aryl methyl sites for hydroxylation is 1. The van der Waals surface area contributed by atoms with E-state index in [0.29, 0.717) is 29.7 Å². The van der Waals surface area contributed by atoms with Crippen LogP contribution in [-0.4, -0.2) is 38.9 Å². The Bertz CT molecular complexity index is 1050. The highest BCUT2D eigenvalue weighted by Gasteiger charge is 2.33. The van der Waals surface area contributed by atoms with Gasteiger partial charge >= 0.3 is 0 Å². The van der Waals surface area contributed by atoms with Gasteiger partial charge in [-0.25, -0.2) is 9.97 Å². The largest absolute Gasteiger partial charge is 0.493 e. The van der Waals surface area contributed by atoms with Crippen molar-refractivity contribution in [3.05, 3.63) is 53.5 Å². The second kappa shape index (κ2) is 7.54. The quantitative estimate of drug-likeness (QED) is 0.716. The SMILES string of the molecule is COc1ccc(C2CC(=O)Nc3c2c(C)nn3-c2ncccn2)cc1OC(C)C. The Hall–Kier alpha value is -3.42. The molecule has 1 aliphatic heterocycles. The predicted molar refractivity (Wildman–Crippen MR) is 108 cm³/mol. The minimum atomic E-state index is -0.156. The number of amides is 1. The van der Waals surface area contributed by atoms with Crippen LogP contribution in [0.4, 0.5) is 5.82 Å². The van der Waals surface area contributed by atoms with Gasteiger partial charge in [0.05, 0.1) is 18.9 Å². The first-order chi connectivity index (χ1) is 14.0. The van der Waals surface area contributed by atoms with E-state index in [2.05, 4.69) is 20.4 Å². The Morgan fingerprint density at radius 1 is 1.21 bits per heavy atom. The summed E-state index contributed by atoms with van der Waals surface area (Å²) < 4.78 is 12.9. The molecule has 4 rings (SSSR count). The lowest BCUT2D eigenvalue weighted by molar-refractivity contribution is -0.116. The van der Waals surface area contributed by atoms with E-state index in [-0.39, 0.29) is 17.9 Å². The first kappa shape index (κ1) is 18.9. The Kier molecular flexibility index (Phi) is 4.92. The lowest BCUT2D eigenvalue weighted by Gasteiger charge is -2.25. The number of carbonyl (C=O) groups is 1. The van der Waals surface area contributed by atoms with E-state index in [0.717, 1.165) is 16.8 Å². The van der Waals surface area contributed by atoms with Crippen LogP contribution in [0.5, 0.6) is 11.5 Å². The molecule has 1 N–H and O–H groups in total. The van der Waals surface area contributed by atoms with Crippen molar-refractivity contribution in [2.75, 3.05) is 12.4 Å². The van der Waals surface area contributed by atoms with Crippen LogP contribution < -0.4 is 14.8 Å². The van der Waals surface area contributed by atoms with Crippen LogP contribution in [0.25, 0.3) is 5.95 Å². The summed E-state index contributed by atoms with van der Waals surface area (Å²) in [5, 5.41) is 7.54. The van der Waals surface area contributed by atoms with Crippen molar-refractivity contribution in [1.29, 1.82) is 0 Å². The van der Waals surface area contributed by atoms with Crippen molar-refractivity contribution in [3.63, 3.8) is 0 Å². The second-order valence-corrected chi connectivity index (χ2v) is 7.19. The molecule has 0 saturated heterocycles. The molecule has 0 saturated carbocycles. The zero-order valence-corrected chi connectivity index (χ0v) is 16.8. The van der Waals surface area contributed by atoms with Gasteiger partial charge in [0.25, 0.3) is 5.95 Å². The van der Waals surface area contributed by atoms with Crippen molar-refractivity contribution < 1.29 is 14.3 Å². The second-order valence-electron chi connectivity index (χ2n) is 7.19. The number of benzene rings is 1. The van der Waals surface area contributed by atoms with Gasteiger partial charge < -0.3 is 14.8 Å². The number of anilines is 1. The molecule has 1 aliphatic rings. The third kappa shape index (κ3) is 3.53. The number of hydrogen-bond donors (Lipinski definition) is 1. The van der Waals surface area contributed by atoms with E-state index in [9.17, 15) is 4.79 Å². The van der Waals surface area contributed by atoms with Crippen LogP contribution in [0.15, 0.2) is 36.7 Å². The fourth-order valence-electron chi connectivity index (χ4n) is 3.63. The number of rotatable bonds is 5. The smallest absolute Gasteiger partial charge is 0.252 e. The number of hydrogen-bond acceptors (Lipinski definition) is 6. The lowest BCUT2D eigenvalue weighted by Crippen LogP contribution is -2.25. The van der Waals surface area contributed by atoms with E-state index in [4.69, 9.17) is 9.47 Å². The number of fused-ring (bicyclic) bond motifs is 1. The summed E-state index contributed by atoms with van der Waals surface area (Å²) in [6.07, 6.45) is 3.62. The average Bonchev–Trinajstić information content (AvgIpc) is 3.04. The molecule has 29 heavy (non-hydrogen) atoms. The van der Waals surface area contributed by atoms with Crippen LogP contribution in [0.3, 0.4) is 0 Å². The third-order valence-electron chi connectivity index (χ3n) is 4.80. The van der Waals surface area contributed by atoms with E-state index >= 15 is 0 Å². The normalized spacial score (nSPS) is 15.8. The molecule has 0 bridgehead atoms. The molecule has 0 aliphatic carbocycles. The number of carbonyl (C=O) groups excluding carboxylic acids is 1. The fourth-order valence-corrected chi connectivity index (χ4v) is 3.63. The molecular weight excluding hydrogens is 370 g/mol. The van der Waals surface area contributed by atoms with Crippen molar-refractivity contribution in [3.8, 4) is 17.4 Å². The van der Waals surface area contributed by atoms with Crippen LogP contribution in [0.2, 0.25) is 0 Å². The number of aromatic nitrogens is 4. The average molecular weight is 393 g/mol. The van der Waals surface area contributed by atoms with E-state index < -0.39 is 0 Å². The molecule has 3 heterocycles. The molecule has 8 nitrogen and oxygen atoms in total. The van der Waals surface area contributed by atoms with Crippen molar-refractivity contribution in [2.45, 2.75) is 39.2 Å². The number of methoxy groups -OCH3 is 1. The third-order valence-corrected chi connectivity index (χ3v) is 4.80. The van der Waals surface area contributed by atoms with E-state index in [1.165, 1.54) is 0 Å². The summed E-state index contributed by atoms with van der Waals surface area (Å²) in [5.74, 6) is 2.10. The van der Waals surface area contributed by atoms with Gasteiger partial charge in [-0.1, -0.05) is 6.07 Å². The highest BCUT2D eigenvalue weighted by molar-refractivity contribution is 5.95. The van der Waals surface area contributed by atoms with Crippen molar-refractivity contribution in [1.82, 2.24) is 19.7 Å². The minimum absolute atomic E-state index is 0.00378. The molecule has 1 aromatic carbocycles. The molecule has 3 aromatic rings. The Labute approximate surface area is 168 Å². The molecule has 8 heteroatoms. The summed E-state index contributed by atoms with van der Waals surface area (Å²) in [4.78, 5) is 21.1. The first-order valence-corrected chi connectivity index (χ1v) is 9.49. The fraction of sp³-hybridized carbons (Fsp3) is 0.333. The number of ether oxygens (including phenoxy) is 2. The Morgan fingerprint density at radius 2 is 1.97 bits per heavy atom. The molecule has 1 amide bonds. The lowest BCUT2D eigenvalue weighted by atomic mass is 9.85. The van der Waals surface area contributed by atoms with Crippen LogP contribution >= 0.6 is 0 Å². The summed E-state index contributed by atoms with van der Waals surface area (Å²) >= 11 is 0. The van der Waals surface area contributed by atoms with Crippen molar-refractivity contribution >= 4 is 11.7 Å².